The van der Waals surface area contributed by atoms with Crippen LogP contribution in [0.4, 0.5) is 11.4 Å². The van der Waals surface area contributed by atoms with E-state index in [1.165, 1.54) is 7.11 Å². The van der Waals surface area contributed by atoms with Crippen LogP contribution in [0.1, 0.15) is 27.9 Å². The van der Waals surface area contributed by atoms with Crippen LogP contribution in [0.2, 0.25) is 0 Å². The van der Waals surface area contributed by atoms with Gasteiger partial charge in [0.15, 0.2) is 11.5 Å². The minimum absolute atomic E-state index is 0.211. The minimum atomic E-state index is -0.633. The summed E-state index contributed by atoms with van der Waals surface area (Å²) in [6.07, 6.45) is 1.26. The topological polar surface area (TPSA) is 67.9 Å². The maximum Gasteiger partial charge on any atom is 0.259 e. The van der Waals surface area contributed by atoms with Crippen LogP contribution in [0.15, 0.2) is 66.7 Å². The molecule has 6 nitrogen and oxygen atoms in total. The molecular formula is C26H26N2O4. The Balaban J connectivity index is 1.70. The van der Waals surface area contributed by atoms with Crippen LogP contribution in [-0.4, -0.2) is 32.1 Å². The number of nitrogens with one attached hydrogen (secondary N) is 1. The third-order valence-electron chi connectivity index (χ3n) is 5.72. The molecule has 0 radical (unpaired) electrons. The van der Waals surface area contributed by atoms with Gasteiger partial charge in [-0.25, -0.2) is 0 Å². The summed E-state index contributed by atoms with van der Waals surface area (Å²) in [5.74, 6) is 0.528. The number of para-hydroxylation sites is 1. The molecule has 1 heterocycles. The molecule has 0 aromatic heterocycles. The smallest absolute Gasteiger partial charge is 0.259 e. The van der Waals surface area contributed by atoms with Crippen LogP contribution in [0.5, 0.6) is 11.5 Å². The molecule has 0 saturated heterocycles. The molecule has 0 saturated carbocycles. The summed E-state index contributed by atoms with van der Waals surface area (Å²) in [6, 6.07) is 19.7. The summed E-state index contributed by atoms with van der Waals surface area (Å²) in [4.78, 5) is 28.6. The predicted molar refractivity (Wildman–Crippen MR) is 125 cm³/mol. The van der Waals surface area contributed by atoms with Crippen molar-refractivity contribution in [1.29, 1.82) is 0 Å². The Morgan fingerprint density at radius 3 is 2.38 bits per heavy atom. The molecule has 3 aromatic rings. The van der Waals surface area contributed by atoms with Crippen LogP contribution < -0.4 is 19.7 Å². The Hall–Kier alpha value is -3.80. The average molecular weight is 431 g/mol. The number of aryl methyl sites for hydroxylation is 2. The molecule has 0 bridgehead atoms. The highest BCUT2D eigenvalue weighted by atomic mass is 16.5. The SMILES string of the molecule is COc1ccc(C(=O)N2c3ccccc3CCC2C(=O)Nc2ccc(C)cc2)cc1OC. The van der Waals surface area contributed by atoms with Gasteiger partial charge in [0.2, 0.25) is 5.91 Å². The minimum Gasteiger partial charge on any atom is -0.493 e. The lowest BCUT2D eigenvalue weighted by molar-refractivity contribution is -0.117. The maximum absolute atomic E-state index is 13.7. The lowest BCUT2D eigenvalue weighted by Crippen LogP contribution is -2.50. The van der Waals surface area contributed by atoms with E-state index in [0.717, 1.165) is 23.2 Å². The Bertz CT molecular complexity index is 1140. The van der Waals surface area contributed by atoms with Crippen molar-refractivity contribution in [3.63, 3.8) is 0 Å². The van der Waals surface area contributed by atoms with Gasteiger partial charge in [0.05, 0.1) is 14.2 Å². The number of rotatable bonds is 5. The van der Waals surface area contributed by atoms with Gasteiger partial charge in [-0.3, -0.25) is 14.5 Å². The fourth-order valence-electron chi connectivity index (χ4n) is 4.02. The third-order valence-corrected chi connectivity index (χ3v) is 5.72. The predicted octanol–water partition coefficient (Wildman–Crippen LogP) is 4.61. The highest BCUT2D eigenvalue weighted by Crippen LogP contribution is 2.34. The second-order valence-electron chi connectivity index (χ2n) is 7.78. The molecular weight excluding hydrogens is 404 g/mol. The number of hydrogen-bond acceptors (Lipinski definition) is 4. The number of methoxy groups -OCH3 is 2. The molecule has 1 unspecified atom stereocenters. The van der Waals surface area contributed by atoms with Crippen molar-refractivity contribution in [2.24, 2.45) is 0 Å². The largest absolute Gasteiger partial charge is 0.493 e. The molecule has 0 fully saturated rings. The third kappa shape index (κ3) is 4.17. The fraction of sp³-hybridized carbons (Fsp3) is 0.231. The summed E-state index contributed by atoms with van der Waals surface area (Å²) in [7, 11) is 3.08. The van der Waals surface area contributed by atoms with Gasteiger partial charge in [-0.15, -0.1) is 0 Å². The molecule has 0 spiro atoms. The quantitative estimate of drug-likeness (QED) is 0.642. The first-order chi connectivity index (χ1) is 15.5. The number of carbonyl (C=O) groups is 2. The summed E-state index contributed by atoms with van der Waals surface area (Å²) in [6.45, 7) is 1.99. The van der Waals surface area contributed by atoms with Gasteiger partial charge in [-0.1, -0.05) is 35.9 Å². The van der Waals surface area contributed by atoms with Crippen LogP contribution >= 0.6 is 0 Å². The van der Waals surface area contributed by atoms with E-state index in [4.69, 9.17) is 9.47 Å². The van der Waals surface area contributed by atoms with Crippen molar-refractivity contribution >= 4 is 23.2 Å². The first-order valence-electron chi connectivity index (χ1n) is 10.5. The normalized spacial score (nSPS) is 15.0. The summed E-state index contributed by atoms with van der Waals surface area (Å²) < 4.78 is 10.7. The zero-order chi connectivity index (χ0) is 22.7. The molecule has 2 amide bonds. The molecule has 1 N–H and O–H groups in total. The van der Waals surface area contributed by atoms with Crippen molar-refractivity contribution in [3.05, 3.63) is 83.4 Å². The highest BCUT2D eigenvalue weighted by Gasteiger charge is 2.36. The van der Waals surface area contributed by atoms with Gasteiger partial charge in [0.1, 0.15) is 6.04 Å². The molecule has 0 aliphatic carbocycles. The van der Waals surface area contributed by atoms with Gasteiger partial charge in [0, 0.05) is 16.9 Å². The molecule has 4 rings (SSSR count). The van der Waals surface area contributed by atoms with E-state index in [9.17, 15) is 9.59 Å². The van der Waals surface area contributed by atoms with Crippen LogP contribution in [0, 0.1) is 6.92 Å². The van der Waals surface area contributed by atoms with E-state index >= 15 is 0 Å². The zero-order valence-electron chi connectivity index (χ0n) is 18.4. The summed E-state index contributed by atoms with van der Waals surface area (Å²) in [5, 5.41) is 2.97. The van der Waals surface area contributed by atoms with Crippen LogP contribution in [0.3, 0.4) is 0 Å². The number of hydrogen-bond donors (Lipinski definition) is 1. The Morgan fingerprint density at radius 1 is 0.938 bits per heavy atom. The highest BCUT2D eigenvalue weighted by molar-refractivity contribution is 6.12. The number of carbonyl (C=O) groups excluding carboxylic acids is 2. The van der Waals surface area contributed by atoms with Gasteiger partial charge in [0.25, 0.3) is 5.91 Å². The van der Waals surface area contributed by atoms with E-state index < -0.39 is 6.04 Å². The number of nitrogens with zero attached hydrogens (tertiary/aromatic N) is 1. The summed E-state index contributed by atoms with van der Waals surface area (Å²) >= 11 is 0. The van der Waals surface area contributed by atoms with E-state index in [1.807, 2.05) is 55.5 Å². The molecule has 1 aliphatic heterocycles. The van der Waals surface area contributed by atoms with Crippen molar-refractivity contribution < 1.29 is 19.1 Å². The fourth-order valence-corrected chi connectivity index (χ4v) is 4.02. The number of anilines is 2. The number of fused-ring (bicyclic) bond motifs is 1. The Labute approximate surface area is 187 Å². The van der Waals surface area contributed by atoms with E-state index in [-0.39, 0.29) is 11.8 Å². The van der Waals surface area contributed by atoms with Crippen molar-refractivity contribution in [1.82, 2.24) is 0 Å². The molecule has 3 aromatic carbocycles. The number of benzene rings is 3. The molecule has 32 heavy (non-hydrogen) atoms. The standard InChI is InChI=1S/C26H26N2O4/c1-17-8-12-20(13-9-17)27-25(29)22-14-10-18-6-4-5-7-21(18)28(22)26(30)19-11-15-23(31-2)24(16-19)32-3/h4-9,11-13,15-16,22H,10,14H2,1-3H3,(H,27,29). The molecule has 1 atom stereocenters. The maximum atomic E-state index is 13.7. The lowest BCUT2D eigenvalue weighted by Gasteiger charge is -2.36. The lowest BCUT2D eigenvalue weighted by atomic mass is 9.94. The average Bonchev–Trinajstić information content (AvgIpc) is 2.83. The van der Waals surface area contributed by atoms with Crippen molar-refractivity contribution in [3.8, 4) is 11.5 Å². The van der Waals surface area contributed by atoms with Gasteiger partial charge in [-0.05, 0) is 61.7 Å². The number of amides is 2. The number of ether oxygens (including phenoxy) is 2. The summed E-state index contributed by atoms with van der Waals surface area (Å²) in [5.41, 5.74) is 4.04. The monoisotopic (exact) mass is 430 g/mol. The van der Waals surface area contributed by atoms with E-state index in [0.29, 0.717) is 29.2 Å². The Morgan fingerprint density at radius 2 is 1.66 bits per heavy atom. The molecule has 1 aliphatic rings. The first-order valence-corrected chi connectivity index (χ1v) is 10.5. The van der Waals surface area contributed by atoms with Gasteiger partial charge >= 0.3 is 0 Å². The van der Waals surface area contributed by atoms with Crippen molar-refractivity contribution in [2.45, 2.75) is 25.8 Å². The van der Waals surface area contributed by atoms with Gasteiger partial charge < -0.3 is 14.8 Å². The zero-order valence-corrected chi connectivity index (χ0v) is 18.4. The van der Waals surface area contributed by atoms with Crippen molar-refractivity contribution in [2.75, 3.05) is 24.4 Å². The first kappa shape index (κ1) is 21.4. The van der Waals surface area contributed by atoms with E-state index in [2.05, 4.69) is 5.32 Å². The molecule has 6 heteroatoms. The van der Waals surface area contributed by atoms with Crippen LogP contribution in [0.25, 0.3) is 0 Å². The second kappa shape index (κ2) is 9.14. The Kier molecular flexibility index (Phi) is 6.12. The van der Waals surface area contributed by atoms with Crippen LogP contribution in [-0.2, 0) is 11.2 Å². The van der Waals surface area contributed by atoms with E-state index in [1.54, 1.807) is 30.2 Å². The second-order valence-corrected chi connectivity index (χ2v) is 7.78. The molecule has 164 valence electrons. The van der Waals surface area contributed by atoms with Gasteiger partial charge in [-0.2, -0.15) is 0 Å².